The van der Waals surface area contributed by atoms with E-state index in [2.05, 4.69) is 51.3 Å². The number of allylic oxidation sites excluding steroid dienone is 2. The zero-order chi connectivity index (χ0) is 15.1. The van der Waals surface area contributed by atoms with Crippen molar-refractivity contribution in [1.82, 2.24) is 9.80 Å². The summed E-state index contributed by atoms with van der Waals surface area (Å²) in [6.45, 7) is 17.4. The molecule has 2 heteroatoms. The normalized spacial score (nSPS) is 20.6. The van der Waals surface area contributed by atoms with Crippen molar-refractivity contribution in [2.24, 2.45) is 0 Å². The fraction of sp³-hybridized carbons (Fsp3) is 0.889. The van der Waals surface area contributed by atoms with E-state index in [0.29, 0.717) is 0 Å². The van der Waals surface area contributed by atoms with Crippen LogP contribution >= 0.6 is 0 Å². The SMILES string of the molecule is CCCC(CCC)N1CCN(C(C)=C(C)C)CC1CC. The van der Waals surface area contributed by atoms with Gasteiger partial charge in [0, 0.05) is 37.4 Å². The average Bonchev–Trinajstić information content (AvgIpc) is 2.45. The lowest BCUT2D eigenvalue weighted by atomic mass is 9.99. The highest BCUT2D eigenvalue weighted by Gasteiger charge is 2.30. The Hall–Kier alpha value is -0.500. The molecule has 1 aliphatic rings. The number of hydrogen-bond acceptors (Lipinski definition) is 2. The van der Waals surface area contributed by atoms with Crippen molar-refractivity contribution >= 4 is 0 Å². The number of hydrogen-bond donors (Lipinski definition) is 0. The van der Waals surface area contributed by atoms with Gasteiger partial charge in [0.25, 0.3) is 0 Å². The second-order valence-electron chi connectivity index (χ2n) is 6.56. The Kier molecular flexibility index (Phi) is 7.65. The Morgan fingerprint density at radius 3 is 2.05 bits per heavy atom. The molecule has 1 fully saturated rings. The summed E-state index contributed by atoms with van der Waals surface area (Å²) in [5, 5.41) is 0. The third kappa shape index (κ3) is 4.51. The molecule has 1 saturated heterocycles. The molecule has 1 heterocycles. The van der Waals surface area contributed by atoms with Crippen LogP contribution < -0.4 is 0 Å². The second-order valence-corrected chi connectivity index (χ2v) is 6.56. The molecule has 0 amide bonds. The van der Waals surface area contributed by atoms with Crippen LogP contribution in [0.2, 0.25) is 0 Å². The summed E-state index contributed by atoms with van der Waals surface area (Å²) in [6.07, 6.45) is 6.64. The Bertz CT molecular complexity index is 299. The molecule has 0 saturated carbocycles. The predicted molar refractivity (Wildman–Crippen MR) is 90.0 cm³/mol. The molecule has 0 spiro atoms. The second kappa shape index (κ2) is 8.71. The van der Waals surface area contributed by atoms with Gasteiger partial charge in [0.15, 0.2) is 0 Å². The zero-order valence-electron chi connectivity index (χ0n) is 14.7. The van der Waals surface area contributed by atoms with Crippen molar-refractivity contribution < 1.29 is 0 Å². The van der Waals surface area contributed by atoms with Crippen LogP contribution in [0.25, 0.3) is 0 Å². The molecule has 2 nitrogen and oxygen atoms in total. The van der Waals surface area contributed by atoms with E-state index in [1.54, 1.807) is 0 Å². The maximum atomic E-state index is 2.82. The zero-order valence-corrected chi connectivity index (χ0v) is 14.7. The molecule has 1 aliphatic heterocycles. The van der Waals surface area contributed by atoms with Gasteiger partial charge in [-0.05, 0) is 40.0 Å². The summed E-state index contributed by atoms with van der Waals surface area (Å²) in [4.78, 5) is 5.43. The van der Waals surface area contributed by atoms with Gasteiger partial charge >= 0.3 is 0 Å². The van der Waals surface area contributed by atoms with Crippen LogP contribution in [0.15, 0.2) is 11.3 Å². The van der Waals surface area contributed by atoms with E-state index < -0.39 is 0 Å². The van der Waals surface area contributed by atoms with E-state index in [-0.39, 0.29) is 0 Å². The lowest BCUT2D eigenvalue weighted by Gasteiger charge is -2.46. The van der Waals surface area contributed by atoms with Crippen LogP contribution in [0.3, 0.4) is 0 Å². The van der Waals surface area contributed by atoms with Gasteiger partial charge in [0.05, 0.1) is 0 Å². The first kappa shape index (κ1) is 17.6. The van der Waals surface area contributed by atoms with Crippen molar-refractivity contribution in [3.05, 3.63) is 11.3 Å². The van der Waals surface area contributed by atoms with E-state index in [1.165, 1.54) is 63.0 Å². The maximum Gasteiger partial charge on any atom is 0.0331 e. The smallest absolute Gasteiger partial charge is 0.0331 e. The molecule has 0 N–H and O–H groups in total. The highest BCUT2D eigenvalue weighted by atomic mass is 15.3. The summed E-state index contributed by atoms with van der Waals surface area (Å²) in [5.41, 5.74) is 2.96. The molecule has 1 atom stereocenters. The first-order valence-corrected chi connectivity index (χ1v) is 8.69. The monoisotopic (exact) mass is 280 g/mol. The fourth-order valence-corrected chi connectivity index (χ4v) is 3.48. The molecule has 0 aromatic heterocycles. The van der Waals surface area contributed by atoms with Crippen LogP contribution in [0.5, 0.6) is 0 Å². The molecule has 0 aliphatic carbocycles. The first-order valence-electron chi connectivity index (χ1n) is 8.69. The lowest BCUT2D eigenvalue weighted by molar-refractivity contribution is 0.0451. The van der Waals surface area contributed by atoms with Crippen LogP contribution in [0, 0.1) is 0 Å². The highest BCUT2D eigenvalue weighted by Crippen LogP contribution is 2.24. The van der Waals surface area contributed by atoms with E-state index in [9.17, 15) is 0 Å². The Balaban J connectivity index is 2.74. The molecule has 118 valence electrons. The summed E-state index contributed by atoms with van der Waals surface area (Å²) in [5.74, 6) is 0. The average molecular weight is 281 g/mol. The third-order valence-corrected chi connectivity index (χ3v) is 4.91. The lowest BCUT2D eigenvalue weighted by Crippen LogP contribution is -2.55. The van der Waals surface area contributed by atoms with Gasteiger partial charge in [-0.1, -0.05) is 39.2 Å². The quantitative estimate of drug-likeness (QED) is 0.669. The van der Waals surface area contributed by atoms with Crippen LogP contribution in [-0.4, -0.2) is 41.5 Å². The highest BCUT2D eigenvalue weighted by molar-refractivity contribution is 5.08. The molecule has 1 rings (SSSR count). The van der Waals surface area contributed by atoms with Gasteiger partial charge in [-0.15, -0.1) is 0 Å². The van der Waals surface area contributed by atoms with Crippen LogP contribution in [0.1, 0.15) is 73.6 Å². The fourth-order valence-electron chi connectivity index (χ4n) is 3.48. The van der Waals surface area contributed by atoms with Crippen LogP contribution in [-0.2, 0) is 0 Å². The first-order chi connectivity index (χ1) is 9.54. The van der Waals surface area contributed by atoms with E-state index >= 15 is 0 Å². The number of rotatable bonds is 7. The van der Waals surface area contributed by atoms with Gasteiger partial charge in [-0.25, -0.2) is 0 Å². The van der Waals surface area contributed by atoms with Crippen LogP contribution in [0.4, 0.5) is 0 Å². The maximum absolute atomic E-state index is 2.82. The molecule has 0 aromatic carbocycles. The topological polar surface area (TPSA) is 6.48 Å². The minimum absolute atomic E-state index is 0.737. The molecule has 0 aromatic rings. The molecule has 0 bridgehead atoms. The Morgan fingerprint density at radius 1 is 1.00 bits per heavy atom. The largest absolute Gasteiger partial charge is 0.372 e. The number of piperazine rings is 1. The van der Waals surface area contributed by atoms with E-state index in [4.69, 9.17) is 0 Å². The number of nitrogens with zero attached hydrogens (tertiary/aromatic N) is 2. The van der Waals surface area contributed by atoms with Gasteiger partial charge < -0.3 is 4.90 Å². The Labute approximate surface area is 127 Å². The van der Waals surface area contributed by atoms with Gasteiger partial charge in [0.1, 0.15) is 0 Å². The third-order valence-electron chi connectivity index (χ3n) is 4.91. The molecular formula is C18H36N2. The van der Waals surface area contributed by atoms with Crippen molar-refractivity contribution in [1.29, 1.82) is 0 Å². The van der Waals surface area contributed by atoms with Gasteiger partial charge in [-0.3, -0.25) is 4.90 Å². The molecule has 0 radical (unpaired) electrons. The Morgan fingerprint density at radius 2 is 1.60 bits per heavy atom. The molecule has 20 heavy (non-hydrogen) atoms. The van der Waals surface area contributed by atoms with Crippen molar-refractivity contribution in [2.75, 3.05) is 19.6 Å². The summed E-state index contributed by atoms with van der Waals surface area (Å²) < 4.78 is 0. The van der Waals surface area contributed by atoms with Crippen molar-refractivity contribution in [3.8, 4) is 0 Å². The minimum Gasteiger partial charge on any atom is -0.372 e. The molecule has 1 unspecified atom stereocenters. The standard InChI is InChI=1S/C18H36N2/c1-7-10-18(11-8-2)20-13-12-19(14-17(20)9-3)16(6)15(4)5/h17-18H,7-14H2,1-6H3. The summed E-state index contributed by atoms with van der Waals surface area (Å²) in [7, 11) is 0. The van der Waals surface area contributed by atoms with Gasteiger partial charge in [0.2, 0.25) is 0 Å². The van der Waals surface area contributed by atoms with Crippen molar-refractivity contribution in [3.63, 3.8) is 0 Å². The summed E-state index contributed by atoms with van der Waals surface area (Å²) >= 11 is 0. The summed E-state index contributed by atoms with van der Waals surface area (Å²) in [6, 6.07) is 1.55. The van der Waals surface area contributed by atoms with Crippen molar-refractivity contribution in [2.45, 2.75) is 85.7 Å². The predicted octanol–water partition coefficient (Wildman–Crippen LogP) is 4.67. The van der Waals surface area contributed by atoms with Gasteiger partial charge in [-0.2, -0.15) is 0 Å². The minimum atomic E-state index is 0.737. The van der Waals surface area contributed by atoms with E-state index in [1.807, 2.05) is 0 Å². The van der Waals surface area contributed by atoms with E-state index in [0.717, 1.165) is 12.1 Å². The molecular weight excluding hydrogens is 244 g/mol.